The van der Waals surface area contributed by atoms with Gasteiger partial charge in [0.1, 0.15) is 0 Å². The third kappa shape index (κ3) is 5.05. The third-order valence-corrected chi connectivity index (χ3v) is 3.30. The number of nitrogens with one attached hydrogen (secondary N) is 1. The number of hydrogen-bond donors (Lipinski definition) is 1. The summed E-state index contributed by atoms with van der Waals surface area (Å²) in [5, 5.41) is 3.40. The van der Waals surface area contributed by atoms with Crippen LogP contribution in [0.1, 0.15) is 53.2 Å². The molecule has 1 unspecified atom stereocenters. The summed E-state index contributed by atoms with van der Waals surface area (Å²) in [5.41, 5.74) is 0.921. The topological polar surface area (TPSA) is 47.0 Å². The van der Waals surface area contributed by atoms with Gasteiger partial charge in [-0.15, -0.1) is 0 Å². The fourth-order valence-electron chi connectivity index (χ4n) is 2.22. The molecule has 1 heterocycles. The highest BCUT2D eigenvalue weighted by Crippen LogP contribution is 2.18. The molecular formula is C15H27N3O. The standard InChI is InChI=1S/C15H27N3O/c1-7-13(8-2)12(6)17-15-16-11(5)9-14(18-15)19-10(3)4/h9-10,12-13H,7-8H2,1-6H3,(H,16,17,18). The Hall–Kier alpha value is -1.32. The number of ether oxygens (including phenoxy) is 1. The molecule has 1 aromatic heterocycles. The summed E-state index contributed by atoms with van der Waals surface area (Å²) in [6, 6.07) is 2.23. The number of hydrogen-bond acceptors (Lipinski definition) is 4. The van der Waals surface area contributed by atoms with E-state index in [2.05, 4.69) is 36.1 Å². The van der Waals surface area contributed by atoms with Gasteiger partial charge in [-0.25, -0.2) is 4.98 Å². The van der Waals surface area contributed by atoms with E-state index in [1.165, 1.54) is 0 Å². The molecule has 0 amide bonds. The van der Waals surface area contributed by atoms with Crippen LogP contribution in [0.25, 0.3) is 0 Å². The molecule has 0 radical (unpaired) electrons. The summed E-state index contributed by atoms with van der Waals surface area (Å²) in [7, 11) is 0. The Morgan fingerprint density at radius 1 is 1.16 bits per heavy atom. The summed E-state index contributed by atoms with van der Waals surface area (Å²) in [6.07, 6.45) is 2.44. The minimum Gasteiger partial charge on any atom is -0.475 e. The number of aryl methyl sites for hydroxylation is 1. The Bertz CT molecular complexity index is 389. The second kappa shape index (κ2) is 7.31. The van der Waals surface area contributed by atoms with E-state index in [9.17, 15) is 0 Å². The average molecular weight is 265 g/mol. The van der Waals surface area contributed by atoms with Crippen molar-refractivity contribution in [2.75, 3.05) is 5.32 Å². The average Bonchev–Trinajstić information content (AvgIpc) is 2.28. The minimum atomic E-state index is 0.124. The van der Waals surface area contributed by atoms with Crippen molar-refractivity contribution in [1.82, 2.24) is 9.97 Å². The monoisotopic (exact) mass is 265 g/mol. The molecule has 0 saturated carbocycles. The van der Waals surface area contributed by atoms with Crippen LogP contribution in [0.2, 0.25) is 0 Å². The van der Waals surface area contributed by atoms with Crippen molar-refractivity contribution in [3.63, 3.8) is 0 Å². The van der Waals surface area contributed by atoms with Crippen molar-refractivity contribution < 1.29 is 4.74 Å². The van der Waals surface area contributed by atoms with E-state index in [-0.39, 0.29) is 6.10 Å². The highest BCUT2D eigenvalue weighted by atomic mass is 16.5. The van der Waals surface area contributed by atoms with Gasteiger partial charge in [-0.05, 0) is 33.6 Å². The van der Waals surface area contributed by atoms with Crippen LogP contribution in [0.15, 0.2) is 6.07 Å². The molecular weight excluding hydrogens is 238 g/mol. The molecule has 0 bridgehead atoms. The fraction of sp³-hybridized carbons (Fsp3) is 0.733. The lowest BCUT2D eigenvalue weighted by Crippen LogP contribution is -2.26. The van der Waals surface area contributed by atoms with Gasteiger partial charge < -0.3 is 10.1 Å². The van der Waals surface area contributed by atoms with Crippen molar-refractivity contribution in [3.8, 4) is 5.88 Å². The Morgan fingerprint density at radius 3 is 2.32 bits per heavy atom. The molecule has 0 saturated heterocycles. The largest absolute Gasteiger partial charge is 0.475 e. The van der Waals surface area contributed by atoms with Crippen LogP contribution >= 0.6 is 0 Å². The number of nitrogens with zero attached hydrogens (tertiary/aromatic N) is 2. The van der Waals surface area contributed by atoms with E-state index in [0.717, 1.165) is 18.5 Å². The minimum absolute atomic E-state index is 0.124. The molecule has 1 atom stereocenters. The van der Waals surface area contributed by atoms with Gasteiger partial charge in [0.15, 0.2) is 0 Å². The van der Waals surface area contributed by atoms with E-state index in [4.69, 9.17) is 4.74 Å². The van der Waals surface area contributed by atoms with Crippen LogP contribution in [0.5, 0.6) is 5.88 Å². The quantitative estimate of drug-likeness (QED) is 0.814. The molecule has 108 valence electrons. The summed E-state index contributed by atoms with van der Waals surface area (Å²) < 4.78 is 5.64. The van der Waals surface area contributed by atoms with Crippen LogP contribution in [-0.2, 0) is 0 Å². The first-order valence-electron chi connectivity index (χ1n) is 7.25. The van der Waals surface area contributed by atoms with Gasteiger partial charge in [0.25, 0.3) is 0 Å². The smallest absolute Gasteiger partial charge is 0.226 e. The van der Waals surface area contributed by atoms with Gasteiger partial charge in [0, 0.05) is 17.8 Å². The maximum absolute atomic E-state index is 5.64. The Kier molecular flexibility index (Phi) is 6.06. The van der Waals surface area contributed by atoms with Crippen LogP contribution in [0.3, 0.4) is 0 Å². The van der Waals surface area contributed by atoms with Gasteiger partial charge in [0.2, 0.25) is 11.8 Å². The third-order valence-electron chi connectivity index (χ3n) is 3.30. The molecule has 0 aliphatic carbocycles. The maximum atomic E-state index is 5.64. The molecule has 1 aromatic rings. The Balaban J connectivity index is 2.80. The summed E-state index contributed by atoms with van der Waals surface area (Å²) in [5.74, 6) is 1.94. The maximum Gasteiger partial charge on any atom is 0.226 e. The second-order valence-corrected chi connectivity index (χ2v) is 5.35. The fourth-order valence-corrected chi connectivity index (χ4v) is 2.22. The summed E-state index contributed by atoms with van der Waals surface area (Å²) in [4.78, 5) is 8.85. The molecule has 19 heavy (non-hydrogen) atoms. The number of rotatable bonds is 7. The predicted octanol–water partition coefficient (Wildman–Crippen LogP) is 3.81. The molecule has 0 spiro atoms. The highest BCUT2D eigenvalue weighted by Gasteiger charge is 2.15. The van der Waals surface area contributed by atoms with Crippen LogP contribution < -0.4 is 10.1 Å². The van der Waals surface area contributed by atoms with E-state index in [1.54, 1.807) is 0 Å². The second-order valence-electron chi connectivity index (χ2n) is 5.35. The number of anilines is 1. The van der Waals surface area contributed by atoms with Crippen LogP contribution in [0, 0.1) is 12.8 Å². The Morgan fingerprint density at radius 2 is 1.79 bits per heavy atom. The first-order chi connectivity index (χ1) is 8.96. The molecule has 4 heteroatoms. The predicted molar refractivity (Wildman–Crippen MR) is 79.7 cm³/mol. The van der Waals surface area contributed by atoms with Crippen LogP contribution in [0.4, 0.5) is 5.95 Å². The van der Waals surface area contributed by atoms with Crippen molar-refractivity contribution in [2.45, 2.75) is 66.5 Å². The first kappa shape index (κ1) is 15.7. The van der Waals surface area contributed by atoms with Gasteiger partial charge in [-0.1, -0.05) is 26.7 Å². The molecule has 0 fully saturated rings. The Labute approximate surface area is 117 Å². The van der Waals surface area contributed by atoms with Crippen molar-refractivity contribution in [3.05, 3.63) is 11.8 Å². The molecule has 1 rings (SSSR count). The van der Waals surface area contributed by atoms with Crippen molar-refractivity contribution >= 4 is 5.95 Å². The normalized spacial score (nSPS) is 12.8. The SMILES string of the molecule is CCC(CC)C(C)Nc1nc(C)cc(OC(C)C)n1. The molecule has 1 N–H and O–H groups in total. The lowest BCUT2D eigenvalue weighted by atomic mass is 9.96. The van der Waals surface area contributed by atoms with Gasteiger partial charge in [-0.3, -0.25) is 0 Å². The molecule has 4 nitrogen and oxygen atoms in total. The molecule has 0 aliphatic heterocycles. The van der Waals surface area contributed by atoms with Gasteiger partial charge in [-0.2, -0.15) is 4.98 Å². The summed E-state index contributed by atoms with van der Waals surface area (Å²) in [6.45, 7) is 12.6. The summed E-state index contributed by atoms with van der Waals surface area (Å²) >= 11 is 0. The van der Waals surface area contributed by atoms with Crippen LogP contribution in [-0.4, -0.2) is 22.1 Å². The van der Waals surface area contributed by atoms with E-state index >= 15 is 0 Å². The van der Waals surface area contributed by atoms with Crippen molar-refractivity contribution in [1.29, 1.82) is 0 Å². The van der Waals surface area contributed by atoms with E-state index in [1.807, 2.05) is 26.8 Å². The number of aromatic nitrogens is 2. The van der Waals surface area contributed by atoms with Crippen molar-refractivity contribution in [2.24, 2.45) is 5.92 Å². The van der Waals surface area contributed by atoms with E-state index < -0.39 is 0 Å². The lowest BCUT2D eigenvalue weighted by Gasteiger charge is -2.22. The molecule has 0 aliphatic rings. The highest BCUT2D eigenvalue weighted by molar-refractivity contribution is 5.31. The zero-order valence-corrected chi connectivity index (χ0v) is 13.0. The van der Waals surface area contributed by atoms with Gasteiger partial charge in [0.05, 0.1) is 6.10 Å². The van der Waals surface area contributed by atoms with E-state index in [0.29, 0.717) is 23.8 Å². The molecule has 0 aromatic carbocycles. The van der Waals surface area contributed by atoms with Gasteiger partial charge >= 0.3 is 0 Å². The lowest BCUT2D eigenvalue weighted by molar-refractivity contribution is 0.232. The zero-order chi connectivity index (χ0) is 14.4. The first-order valence-corrected chi connectivity index (χ1v) is 7.25. The zero-order valence-electron chi connectivity index (χ0n) is 13.0.